The molecule has 0 bridgehead atoms. The van der Waals surface area contributed by atoms with Crippen LogP contribution in [-0.2, 0) is 6.42 Å². The van der Waals surface area contributed by atoms with E-state index < -0.39 is 0 Å². The summed E-state index contributed by atoms with van der Waals surface area (Å²) in [7, 11) is 0. The summed E-state index contributed by atoms with van der Waals surface area (Å²) in [6.07, 6.45) is 0.576. The van der Waals surface area contributed by atoms with Crippen LogP contribution in [0.15, 0.2) is 53.3 Å². The number of hydrogen-bond donors (Lipinski definition) is 2. The Hall–Kier alpha value is -3.08. The summed E-state index contributed by atoms with van der Waals surface area (Å²) in [5.41, 5.74) is 5.69. The molecular weight excluding hydrogens is 348 g/mol. The van der Waals surface area contributed by atoms with Gasteiger partial charge in [0.25, 0.3) is 5.56 Å². The number of nitrogens with zero attached hydrogens (tertiary/aromatic N) is 2. The highest BCUT2D eigenvalue weighted by Crippen LogP contribution is 2.24. The number of hydrogen-bond acceptors (Lipinski definition) is 4. The van der Waals surface area contributed by atoms with Gasteiger partial charge in [0.1, 0.15) is 0 Å². The maximum atomic E-state index is 12.6. The van der Waals surface area contributed by atoms with Crippen molar-refractivity contribution in [2.75, 3.05) is 23.3 Å². The third-order valence-corrected chi connectivity index (χ3v) is 5.04. The molecule has 0 aliphatic carbocycles. The normalized spacial score (nSPS) is 10.7. The highest BCUT2D eigenvalue weighted by Gasteiger charge is 2.11. The van der Waals surface area contributed by atoms with Crippen molar-refractivity contribution in [3.8, 4) is 0 Å². The molecule has 2 N–H and O–H groups in total. The molecule has 146 valence electrons. The molecule has 3 rings (SSSR count). The minimum atomic E-state index is -0.101. The van der Waals surface area contributed by atoms with Gasteiger partial charge in [-0.05, 0) is 57.0 Å². The smallest absolute Gasteiger partial charge is 0.256 e. The Morgan fingerprint density at radius 1 is 1.04 bits per heavy atom. The van der Waals surface area contributed by atoms with Crippen LogP contribution in [0, 0.1) is 13.8 Å². The van der Waals surface area contributed by atoms with Gasteiger partial charge in [-0.15, -0.1) is 0 Å². The standard InChI is InChI=1S/C23H28N4O/c1-5-27(6-2)19-12-13-21(16(3)14-19)25-23-24-17(4)20(22(28)26-23)15-18-10-8-7-9-11-18/h7-14H,5-6,15H2,1-4H3,(H2,24,25,26,28). The van der Waals surface area contributed by atoms with Gasteiger partial charge >= 0.3 is 0 Å². The summed E-state index contributed by atoms with van der Waals surface area (Å²) >= 11 is 0. The maximum absolute atomic E-state index is 12.6. The lowest BCUT2D eigenvalue weighted by atomic mass is 10.1. The van der Waals surface area contributed by atoms with Gasteiger partial charge in [0, 0.05) is 36.4 Å². The van der Waals surface area contributed by atoms with Crippen molar-refractivity contribution < 1.29 is 0 Å². The zero-order valence-electron chi connectivity index (χ0n) is 17.0. The van der Waals surface area contributed by atoms with Crippen LogP contribution < -0.4 is 15.8 Å². The van der Waals surface area contributed by atoms with Gasteiger partial charge in [0.2, 0.25) is 5.95 Å². The minimum Gasteiger partial charge on any atom is -0.372 e. The number of aryl methyl sites for hydroxylation is 2. The van der Waals surface area contributed by atoms with Gasteiger partial charge in [-0.25, -0.2) is 4.98 Å². The molecule has 1 heterocycles. The average Bonchev–Trinajstić information content (AvgIpc) is 2.68. The highest BCUT2D eigenvalue weighted by atomic mass is 16.1. The third kappa shape index (κ3) is 4.42. The lowest BCUT2D eigenvalue weighted by Gasteiger charge is -2.22. The van der Waals surface area contributed by atoms with Crippen molar-refractivity contribution in [3.05, 3.63) is 81.3 Å². The first-order chi connectivity index (χ1) is 13.5. The summed E-state index contributed by atoms with van der Waals surface area (Å²) in [5, 5.41) is 3.26. The topological polar surface area (TPSA) is 61.0 Å². The lowest BCUT2D eigenvalue weighted by Crippen LogP contribution is -2.22. The van der Waals surface area contributed by atoms with E-state index in [4.69, 9.17) is 0 Å². The fourth-order valence-corrected chi connectivity index (χ4v) is 3.38. The number of H-pyrrole nitrogens is 1. The minimum absolute atomic E-state index is 0.101. The molecule has 5 heteroatoms. The van der Waals surface area contributed by atoms with Crippen molar-refractivity contribution in [1.29, 1.82) is 0 Å². The molecule has 1 aromatic heterocycles. The number of aromatic nitrogens is 2. The number of rotatable bonds is 7. The summed E-state index contributed by atoms with van der Waals surface area (Å²) in [6, 6.07) is 16.3. The van der Waals surface area contributed by atoms with Crippen LogP contribution in [-0.4, -0.2) is 23.1 Å². The van der Waals surface area contributed by atoms with Crippen LogP contribution in [0.3, 0.4) is 0 Å². The van der Waals surface area contributed by atoms with Gasteiger partial charge in [-0.2, -0.15) is 0 Å². The van der Waals surface area contributed by atoms with Crippen LogP contribution in [0.1, 0.15) is 36.2 Å². The average molecular weight is 377 g/mol. The molecular formula is C23H28N4O. The number of nitrogens with one attached hydrogen (secondary N) is 2. The molecule has 0 radical (unpaired) electrons. The summed E-state index contributed by atoms with van der Waals surface area (Å²) in [5.74, 6) is 0.470. The van der Waals surface area contributed by atoms with E-state index in [0.29, 0.717) is 17.9 Å². The Balaban J connectivity index is 1.83. The van der Waals surface area contributed by atoms with Gasteiger partial charge in [-0.1, -0.05) is 30.3 Å². The molecule has 0 fully saturated rings. The number of benzene rings is 2. The Kier molecular flexibility index (Phi) is 6.14. The lowest BCUT2D eigenvalue weighted by molar-refractivity contribution is 0.865. The Morgan fingerprint density at radius 3 is 2.36 bits per heavy atom. The zero-order chi connectivity index (χ0) is 20.1. The van der Waals surface area contributed by atoms with Crippen molar-refractivity contribution in [2.24, 2.45) is 0 Å². The van der Waals surface area contributed by atoms with E-state index in [1.165, 1.54) is 5.69 Å². The molecule has 28 heavy (non-hydrogen) atoms. The van der Waals surface area contributed by atoms with Crippen molar-refractivity contribution in [3.63, 3.8) is 0 Å². The van der Waals surface area contributed by atoms with Crippen LogP contribution in [0.4, 0.5) is 17.3 Å². The van der Waals surface area contributed by atoms with Crippen LogP contribution >= 0.6 is 0 Å². The molecule has 2 aromatic carbocycles. The second-order valence-corrected chi connectivity index (χ2v) is 6.94. The highest BCUT2D eigenvalue weighted by molar-refractivity contribution is 5.64. The van der Waals surface area contributed by atoms with E-state index >= 15 is 0 Å². The van der Waals surface area contributed by atoms with Crippen LogP contribution in [0.5, 0.6) is 0 Å². The van der Waals surface area contributed by atoms with Crippen molar-refractivity contribution >= 4 is 17.3 Å². The monoisotopic (exact) mass is 376 g/mol. The van der Waals surface area contributed by atoms with Gasteiger partial charge < -0.3 is 10.2 Å². The fraction of sp³-hybridized carbons (Fsp3) is 0.304. The van der Waals surface area contributed by atoms with Gasteiger partial charge in [0.15, 0.2) is 0 Å². The third-order valence-electron chi connectivity index (χ3n) is 5.04. The molecule has 3 aromatic rings. The summed E-state index contributed by atoms with van der Waals surface area (Å²) in [6.45, 7) is 10.2. The van der Waals surface area contributed by atoms with E-state index in [1.54, 1.807) is 0 Å². The molecule has 0 unspecified atom stereocenters. The number of anilines is 3. The zero-order valence-corrected chi connectivity index (χ0v) is 17.0. The maximum Gasteiger partial charge on any atom is 0.256 e. The predicted molar refractivity (Wildman–Crippen MR) is 117 cm³/mol. The molecule has 0 aliphatic rings. The molecule has 0 aliphatic heterocycles. The molecule has 0 saturated heterocycles. The molecule has 0 amide bonds. The first-order valence-corrected chi connectivity index (χ1v) is 9.78. The molecule has 0 spiro atoms. The Labute approximate surface area is 166 Å². The van der Waals surface area contributed by atoms with Gasteiger partial charge in [-0.3, -0.25) is 9.78 Å². The molecule has 0 atom stereocenters. The Bertz CT molecular complexity index is 991. The molecule has 5 nitrogen and oxygen atoms in total. The summed E-state index contributed by atoms with van der Waals surface area (Å²) < 4.78 is 0. The molecule has 0 saturated carbocycles. The first-order valence-electron chi connectivity index (χ1n) is 9.78. The fourth-order valence-electron chi connectivity index (χ4n) is 3.38. The summed E-state index contributed by atoms with van der Waals surface area (Å²) in [4.78, 5) is 22.4. The van der Waals surface area contributed by atoms with Crippen molar-refractivity contribution in [2.45, 2.75) is 34.1 Å². The SMILES string of the molecule is CCN(CC)c1ccc(Nc2nc(C)c(Cc3ccccc3)c(=O)[nH]2)c(C)c1. The van der Waals surface area contributed by atoms with E-state index in [2.05, 4.69) is 53.1 Å². The van der Waals surface area contributed by atoms with E-state index in [-0.39, 0.29) is 5.56 Å². The van der Waals surface area contributed by atoms with Crippen molar-refractivity contribution in [1.82, 2.24) is 9.97 Å². The predicted octanol–water partition coefficient (Wildman–Crippen LogP) is 4.57. The quantitative estimate of drug-likeness (QED) is 0.634. The van der Waals surface area contributed by atoms with Gasteiger partial charge in [0.05, 0.1) is 5.69 Å². The van der Waals surface area contributed by atoms with Crippen LogP contribution in [0.2, 0.25) is 0 Å². The largest absolute Gasteiger partial charge is 0.372 e. The second-order valence-electron chi connectivity index (χ2n) is 6.94. The van der Waals surface area contributed by atoms with Crippen LogP contribution in [0.25, 0.3) is 0 Å². The number of aromatic amines is 1. The van der Waals surface area contributed by atoms with E-state index in [0.717, 1.165) is 35.6 Å². The van der Waals surface area contributed by atoms with E-state index in [9.17, 15) is 4.79 Å². The Morgan fingerprint density at radius 2 is 1.75 bits per heavy atom. The first kappa shape index (κ1) is 19.7. The second kappa shape index (κ2) is 8.74. The van der Waals surface area contributed by atoms with E-state index in [1.807, 2.05) is 43.3 Å².